The van der Waals surface area contributed by atoms with Crippen molar-refractivity contribution in [1.29, 1.82) is 0 Å². The van der Waals surface area contributed by atoms with E-state index < -0.39 is 12.0 Å². The van der Waals surface area contributed by atoms with Crippen LogP contribution in [0.2, 0.25) is 0 Å². The Kier molecular flexibility index (Phi) is 7.02. The summed E-state index contributed by atoms with van der Waals surface area (Å²) in [6, 6.07) is 11.8. The standard InChI is InChI=1S/C20H24FNO2S/c1-3-13-5-6-16(11-14(13)4-2)19(25-12-18(22)20(23)24)15-7-9-17(21)10-8-15/h5-11,18-19H,3-4,12,22H2,1-2H3,(H,23,24). The average Bonchev–Trinajstić information content (AvgIpc) is 2.62. The summed E-state index contributed by atoms with van der Waals surface area (Å²) in [5.74, 6) is -1.01. The largest absolute Gasteiger partial charge is 0.480 e. The molecule has 0 aliphatic rings. The first-order valence-electron chi connectivity index (χ1n) is 8.43. The van der Waals surface area contributed by atoms with Gasteiger partial charge >= 0.3 is 5.97 Å². The first-order chi connectivity index (χ1) is 12.0. The van der Waals surface area contributed by atoms with Crippen LogP contribution in [0.4, 0.5) is 4.39 Å². The molecule has 2 unspecified atom stereocenters. The predicted octanol–water partition coefficient (Wildman–Crippen LogP) is 4.19. The Hall–Kier alpha value is -1.85. The predicted molar refractivity (Wildman–Crippen MR) is 102 cm³/mol. The van der Waals surface area contributed by atoms with E-state index in [-0.39, 0.29) is 16.8 Å². The van der Waals surface area contributed by atoms with Gasteiger partial charge in [0, 0.05) is 5.75 Å². The number of benzene rings is 2. The van der Waals surface area contributed by atoms with Crippen molar-refractivity contribution in [3.05, 3.63) is 70.5 Å². The van der Waals surface area contributed by atoms with Crippen molar-refractivity contribution in [1.82, 2.24) is 0 Å². The van der Waals surface area contributed by atoms with Crippen molar-refractivity contribution < 1.29 is 14.3 Å². The quantitative estimate of drug-likeness (QED) is 0.740. The van der Waals surface area contributed by atoms with Gasteiger partial charge in [-0.1, -0.05) is 44.2 Å². The Morgan fingerprint density at radius 2 is 1.68 bits per heavy atom. The van der Waals surface area contributed by atoms with Gasteiger partial charge in [0.15, 0.2) is 0 Å². The SMILES string of the molecule is CCc1ccc(C(SCC(N)C(=O)O)c2ccc(F)cc2)cc1CC. The number of rotatable bonds is 8. The summed E-state index contributed by atoms with van der Waals surface area (Å²) in [5, 5.41) is 8.95. The van der Waals surface area contributed by atoms with E-state index in [1.54, 1.807) is 12.1 Å². The van der Waals surface area contributed by atoms with Gasteiger partial charge in [-0.3, -0.25) is 4.79 Å². The highest BCUT2D eigenvalue weighted by Gasteiger charge is 2.20. The van der Waals surface area contributed by atoms with Crippen molar-refractivity contribution in [3.63, 3.8) is 0 Å². The van der Waals surface area contributed by atoms with Gasteiger partial charge in [-0.2, -0.15) is 0 Å². The van der Waals surface area contributed by atoms with E-state index in [2.05, 4.69) is 32.0 Å². The van der Waals surface area contributed by atoms with Crippen LogP contribution in [0.5, 0.6) is 0 Å². The number of nitrogens with two attached hydrogens (primary N) is 1. The Morgan fingerprint density at radius 1 is 1.08 bits per heavy atom. The van der Waals surface area contributed by atoms with Crippen molar-refractivity contribution in [2.24, 2.45) is 5.73 Å². The molecule has 0 spiro atoms. The minimum absolute atomic E-state index is 0.0813. The minimum Gasteiger partial charge on any atom is -0.480 e. The zero-order chi connectivity index (χ0) is 18.4. The summed E-state index contributed by atoms with van der Waals surface area (Å²) < 4.78 is 13.3. The summed E-state index contributed by atoms with van der Waals surface area (Å²) in [6.45, 7) is 4.25. The van der Waals surface area contributed by atoms with Crippen LogP contribution < -0.4 is 5.73 Å². The number of carboxylic acid groups (broad SMARTS) is 1. The maximum Gasteiger partial charge on any atom is 0.321 e. The lowest BCUT2D eigenvalue weighted by molar-refractivity contribution is -0.137. The van der Waals surface area contributed by atoms with E-state index in [0.29, 0.717) is 0 Å². The van der Waals surface area contributed by atoms with Gasteiger partial charge in [-0.25, -0.2) is 4.39 Å². The highest BCUT2D eigenvalue weighted by atomic mass is 32.2. The number of hydrogen-bond acceptors (Lipinski definition) is 3. The van der Waals surface area contributed by atoms with E-state index in [1.165, 1.54) is 35.0 Å². The van der Waals surface area contributed by atoms with Gasteiger partial charge in [0.2, 0.25) is 0 Å². The first-order valence-corrected chi connectivity index (χ1v) is 9.48. The van der Waals surface area contributed by atoms with Crippen LogP contribution in [0.25, 0.3) is 0 Å². The maximum absolute atomic E-state index is 13.3. The third-order valence-electron chi connectivity index (χ3n) is 4.23. The monoisotopic (exact) mass is 361 g/mol. The lowest BCUT2D eigenvalue weighted by Gasteiger charge is -2.20. The van der Waals surface area contributed by atoms with Gasteiger partial charge in [0.25, 0.3) is 0 Å². The molecule has 5 heteroatoms. The second kappa shape index (κ2) is 9.02. The molecule has 0 saturated carbocycles. The third kappa shape index (κ3) is 5.06. The number of carbonyl (C=O) groups is 1. The van der Waals surface area contributed by atoms with E-state index in [4.69, 9.17) is 10.8 Å². The summed E-state index contributed by atoms with van der Waals surface area (Å²) in [6.07, 6.45) is 1.91. The molecule has 3 N–H and O–H groups in total. The highest BCUT2D eigenvalue weighted by molar-refractivity contribution is 7.99. The number of aryl methyl sites for hydroxylation is 2. The molecule has 2 aromatic rings. The molecule has 0 amide bonds. The fraction of sp³-hybridized carbons (Fsp3) is 0.350. The molecule has 25 heavy (non-hydrogen) atoms. The van der Waals surface area contributed by atoms with Crippen LogP contribution in [0, 0.1) is 5.82 Å². The lowest BCUT2D eigenvalue weighted by atomic mass is 9.96. The molecule has 3 nitrogen and oxygen atoms in total. The molecule has 2 aromatic carbocycles. The second-order valence-electron chi connectivity index (χ2n) is 5.94. The third-order valence-corrected chi connectivity index (χ3v) is 5.66. The fourth-order valence-electron chi connectivity index (χ4n) is 2.78. The average molecular weight is 361 g/mol. The zero-order valence-corrected chi connectivity index (χ0v) is 15.4. The van der Waals surface area contributed by atoms with Gasteiger partial charge in [-0.05, 0) is 47.2 Å². The van der Waals surface area contributed by atoms with Gasteiger partial charge in [0.05, 0.1) is 5.25 Å². The molecule has 0 radical (unpaired) electrons. The Bertz CT molecular complexity index is 718. The van der Waals surface area contributed by atoms with E-state index >= 15 is 0 Å². The molecule has 0 heterocycles. The molecule has 2 rings (SSSR count). The number of halogens is 1. The van der Waals surface area contributed by atoms with E-state index in [1.807, 2.05) is 0 Å². The van der Waals surface area contributed by atoms with Crippen LogP contribution in [0.15, 0.2) is 42.5 Å². The minimum atomic E-state index is -1.01. The zero-order valence-electron chi connectivity index (χ0n) is 14.5. The maximum atomic E-state index is 13.3. The number of hydrogen-bond donors (Lipinski definition) is 2. The summed E-state index contributed by atoms with van der Waals surface area (Å²) in [5.41, 5.74) is 10.3. The smallest absolute Gasteiger partial charge is 0.321 e. The van der Waals surface area contributed by atoms with Crippen LogP contribution in [0.1, 0.15) is 41.4 Å². The number of aliphatic carboxylic acids is 1. The molecule has 0 fully saturated rings. The van der Waals surface area contributed by atoms with Crippen molar-refractivity contribution in [3.8, 4) is 0 Å². The lowest BCUT2D eigenvalue weighted by Crippen LogP contribution is -2.32. The van der Waals surface area contributed by atoms with Crippen molar-refractivity contribution >= 4 is 17.7 Å². The van der Waals surface area contributed by atoms with E-state index in [9.17, 15) is 9.18 Å². The Morgan fingerprint density at radius 3 is 2.24 bits per heavy atom. The number of carboxylic acids is 1. The summed E-state index contributed by atoms with van der Waals surface area (Å²) in [4.78, 5) is 11.0. The Labute approximate surface area is 152 Å². The molecule has 134 valence electrons. The van der Waals surface area contributed by atoms with Crippen molar-refractivity contribution in [2.45, 2.75) is 38.0 Å². The molecule has 2 atom stereocenters. The summed E-state index contributed by atoms with van der Waals surface area (Å²) in [7, 11) is 0. The molecule has 0 aromatic heterocycles. The second-order valence-corrected chi connectivity index (χ2v) is 7.08. The van der Waals surface area contributed by atoms with Gasteiger partial charge in [0.1, 0.15) is 11.9 Å². The molecule has 0 saturated heterocycles. The van der Waals surface area contributed by atoms with Crippen LogP contribution >= 0.6 is 11.8 Å². The summed E-state index contributed by atoms with van der Waals surface area (Å²) >= 11 is 1.47. The van der Waals surface area contributed by atoms with Crippen LogP contribution in [0.3, 0.4) is 0 Å². The highest BCUT2D eigenvalue weighted by Crippen LogP contribution is 2.37. The topological polar surface area (TPSA) is 63.3 Å². The van der Waals surface area contributed by atoms with Gasteiger partial charge < -0.3 is 10.8 Å². The molecule has 0 aliphatic carbocycles. The van der Waals surface area contributed by atoms with E-state index in [0.717, 1.165) is 24.0 Å². The molecule has 0 aliphatic heterocycles. The van der Waals surface area contributed by atoms with Gasteiger partial charge in [-0.15, -0.1) is 11.8 Å². The normalized spacial score (nSPS) is 13.4. The Balaban J connectivity index is 2.36. The molecular weight excluding hydrogens is 337 g/mol. The molecular formula is C20H24FNO2S. The number of thioether (sulfide) groups is 1. The molecule has 0 bridgehead atoms. The van der Waals surface area contributed by atoms with Crippen molar-refractivity contribution in [2.75, 3.05) is 5.75 Å². The fourth-order valence-corrected chi connectivity index (χ4v) is 4.01. The van der Waals surface area contributed by atoms with Crippen LogP contribution in [-0.4, -0.2) is 22.9 Å². The van der Waals surface area contributed by atoms with Crippen LogP contribution in [-0.2, 0) is 17.6 Å². The first kappa shape index (κ1) is 19.5.